The van der Waals surface area contributed by atoms with Crippen molar-refractivity contribution in [3.05, 3.63) is 108 Å². The molecule has 4 aromatic rings. The van der Waals surface area contributed by atoms with Gasteiger partial charge in [0.1, 0.15) is 5.75 Å². The van der Waals surface area contributed by atoms with Gasteiger partial charge in [0.2, 0.25) is 0 Å². The van der Waals surface area contributed by atoms with Crippen molar-refractivity contribution in [1.29, 1.82) is 0 Å². The molecule has 7 nitrogen and oxygen atoms in total. The number of piperazine rings is 1. The molecule has 0 radical (unpaired) electrons. The monoisotopic (exact) mass is 560 g/mol. The Balaban J connectivity index is 1.10. The lowest BCUT2D eigenvalue weighted by Crippen LogP contribution is -2.54. The Bertz CT molecular complexity index is 1500. The molecule has 6 rings (SSSR count). The lowest BCUT2D eigenvalue weighted by atomic mass is 10.0. The van der Waals surface area contributed by atoms with Crippen LogP contribution < -0.4 is 0 Å². The molecule has 1 N–H and O–H groups in total. The summed E-state index contributed by atoms with van der Waals surface area (Å²) in [6.45, 7) is 6.18. The summed E-state index contributed by atoms with van der Waals surface area (Å²) in [5, 5.41) is 10.3. The number of aromatic nitrogens is 1. The van der Waals surface area contributed by atoms with Crippen LogP contribution in [0, 0.1) is 6.92 Å². The van der Waals surface area contributed by atoms with Crippen LogP contribution in [-0.2, 0) is 0 Å². The van der Waals surface area contributed by atoms with Gasteiger partial charge in [0, 0.05) is 62.0 Å². The lowest BCUT2D eigenvalue weighted by Gasteiger charge is -2.42. The Labute approximate surface area is 247 Å². The molecule has 2 aliphatic heterocycles. The minimum absolute atomic E-state index is 0.0322. The summed E-state index contributed by atoms with van der Waals surface area (Å²) in [5.74, 6) is -0.0305. The first-order valence-corrected chi connectivity index (χ1v) is 14.7. The molecule has 0 aliphatic carbocycles. The molecule has 0 bridgehead atoms. The molecule has 0 unspecified atom stereocenters. The fourth-order valence-corrected chi connectivity index (χ4v) is 6.07. The van der Waals surface area contributed by atoms with Crippen LogP contribution in [0.4, 0.5) is 0 Å². The van der Waals surface area contributed by atoms with Crippen LogP contribution in [-0.4, -0.2) is 81.9 Å². The predicted octanol–water partition coefficient (Wildman–Crippen LogP) is 5.49. The molecule has 0 atom stereocenters. The van der Waals surface area contributed by atoms with Gasteiger partial charge < -0.3 is 14.9 Å². The van der Waals surface area contributed by atoms with E-state index < -0.39 is 0 Å². The molecular weight excluding hydrogens is 524 g/mol. The van der Waals surface area contributed by atoms with E-state index in [0.29, 0.717) is 43.3 Å². The van der Waals surface area contributed by atoms with Crippen LogP contribution >= 0.6 is 0 Å². The first-order chi connectivity index (χ1) is 20.5. The topological polar surface area (TPSA) is 77.0 Å². The Morgan fingerprint density at radius 3 is 1.79 bits per heavy atom. The smallest absolute Gasteiger partial charge is 0.257 e. The number of benzene rings is 3. The van der Waals surface area contributed by atoms with Crippen molar-refractivity contribution in [2.45, 2.75) is 25.8 Å². The maximum absolute atomic E-state index is 13.8. The van der Waals surface area contributed by atoms with Gasteiger partial charge in [0.05, 0.1) is 17.0 Å². The number of carbonyl (C=O) groups is 2. The third-order valence-corrected chi connectivity index (χ3v) is 8.46. The number of phenolic OH excluding ortho intramolecular Hbond substituents is 1. The number of piperidine rings is 1. The summed E-state index contributed by atoms with van der Waals surface area (Å²) in [6, 6.07) is 29.4. The maximum Gasteiger partial charge on any atom is 0.257 e. The molecule has 0 spiro atoms. The van der Waals surface area contributed by atoms with Crippen molar-refractivity contribution in [2.24, 2.45) is 0 Å². The number of likely N-dealkylation sites (tertiary alicyclic amines) is 1. The summed E-state index contributed by atoms with van der Waals surface area (Å²) < 4.78 is 0. The van der Waals surface area contributed by atoms with Crippen LogP contribution in [0.5, 0.6) is 5.75 Å². The van der Waals surface area contributed by atoms with E-state index in [2.05, 4.69) is 4.90 Å². The molecular formula is C35H36N4O3. The SMILES string of the molecule is Cc1ccc(C(=O)N2CCC(N3CCN(C(=O)c4cc(-c5ccccc5)nc(-c5ccccc5)c4)CC3)CC2)c(O)c1. The molecule has 7 heteroatoms. The number of hydrogen-bond donors (Lipinski definition) is 1. The third-order valence-electron chi connectivity index (χ3n) is 8.46. The van der Waals surface area contributed by atoms with Gasteiger partial charge in [-0.2, -0.15) is 0 Å². The zero-order valence-corrected chi connectivity index (χ0v) is 23.9. The molecule has 1 aromatic heterocycles. The number of rotatable bonds is 5. The van der Waals surface area contributed by atoms with E-state index in [0.717, 1.165) is 54.0 Å². The average molecular weight is 561 g/mol. The number of phenols is 1. The van der Waals surface area contributed by atoms with Crippen molar-refractivity contribution in [2.75, 3.05) is 39.3 Å². The van der Waals surface area contributed by atoms with Gasteiger partial charge in [-0.15, -0.1) is 0 Å². The van der Waals surface area contributed by atoms with Crippen LogP contribution in [0.25, 0.3) is 22.5 Å². The van der Waals surface area contributed by atoms with E-state index in [4.69, 9.17) is 4.98 Å². The fourth-order valence-electron chi connectivity index (χ4n) is 6.07. The number of nitrogens with zero attached hydrogens (tertiary/aromatic N) is 4. The molecule has 2 fully saturated rings. The van der Waals surface area contributed by atoms with E-state index in [1.807, 2.05) is 95.6 Å². The standard InChI is InChI=1S/C35H36N4O3/c1-25-12-13-30(33(40)22-25)35(42)38-16-14-29(15-17-38)37-18-20-39(21-19-37)34(41)28-23-31(26-8-4-2-5-9-26)36-32(24-28)27-10-6-3-7-11-27/h2-13,22-24,29,40H,14-21H2,1H3. The molecule has 42 heavy (non-hydrogen) atoms. The van der Waals surface area contributed by atoms with E-state index in [-0.39, 0.29) is 17.6 Å². The molecule has 3 aromatic carbocycles. The van der Waals surface area contributed by atoms with Crippen LogP contribution in [0.2, 0.25) is 0 Å². The Morgan fingerprint density at radius 2 is 1.24 bits per heavy atom. The second-order valence-corrected chi connectivity index (χ2v) is 11.2. The first-order valence-electron chi connectivity index (χ1n) is 14.7. The first kappa shape index (κ1) is 27.7. The van der Waals surface area contributed by atoms with E-state index in [9.17, 15) is 14.7 Å². The second kappa shape index (κ2) is 12.2. The summed E-state index contributed by atoms with van der Waals surface area (Å²) in [6.07, 6.45) is 1.77. The highest BCUT2D eigenvalue weighted by Gasteiger charge is 2.31. The molecule has 3 heterocycles. The molecule has 2 aliphatic rings. The zero-order chi connectivity index (χ0) is 29.1. The largest absolute Gasteiger partial charge is 0.507 e. The van der Waals surface area contributed by atoms with Crippen molar-refractivity contribution >= 4 is 11.8 Å². The number of amides is 2. The van der Waals surface area contributed by atoms with Crippen molar-refractivity contribution in [3.63, 3.8) is 0 Å². The van der Waals surface area contributed by atoms with Crippen LogP contribution in [0.1, 0.15) is 39.1 Å². The van der Waals surface area contributed by atoms with Gasteiger partial charge in [-0.25, -0.2) is 4.98 Å². The van der Waals surface area contributed by atoms with Gasteiger partial charge in [-0.05, 0) is 49.6 Å². The van der Waals surface area contributed by atoms with Crippen molar-refractivity contribution in [3.8, 4) is 28.3 Å². The zero-order valence-electron chi connectivity index (χ0n) is 23.9. The van der Waals surface area contributed by atoms with E-state index in [1.54, 1.807) is 12.1 Å². The maximum atomic E-state index is 13.8. The highest BCUT2D eigenvalue weighted by atomic mass is 16.3. The summed E-state index contributed by atoms with van der Waals surface area (Å²) >= 11 is 0. The Kier molecular flexibility index (Phi) is 8.02. The highest BCUT2D eigenvalue weighted by molar-refractivity contribution is 5.97. The molecule has 2 saturated heterocycles. The molecule has 214 valence electrons. The number of carbonyl (C=O) groups excluding carboxylic acids is 2. The molecule has 2 amide bonds. The number of aromatic hydroxyl groups is 1. The summed E-state index contributed by atoms with van der Waals surface area (Å²) in [4.78, 5) is 37.9. The lowest BCUT2D eigenvalue weighted by molar-refractivity contribution is 0.0411. The average Bonchev–Trinajstić information content (AvgIpc) is 3.05. The second-order valence-electron chi connectivity index (χ2n) is 11.2. The van der Waals surface area contributed by atoms with Crippen LogP contribution in [0.15, 0.2) is 91.0 Å². The third kappa shape index (κ3) is 5.92. The number of pyridine rings is 1. The summed E-state index contributed by atoms with van der Waals surface area (Å²) in [7, 11) is 0. The van der Waals surface area contributed by atoms with Crippen molar-refractivity contribution < 1.29 is 14.7 Å². The molecule has 0 saturated carbocycles. The van der Waals surface area contributed by atoms with Crippen molar-refractivity contribution in [1.82, 2.24) is 19.7 Å². The van der Waals surface area contributed by atoms with Gasteiger partial charge >= 0.3 is 0 Å². The normalized spacial score (nSPS) is 16.4. The van der Waals surface area contributed by atoms with E-state index >= 15 is 0 Å². The quantitative estimate of drug-likeness (QED) is 0.349. The predicted molar refractivity (Wildman–Crippen MR) is 164 cm³/mol. The van der Waals surface area contributed by atoms with Gasteiger partial charge in [-0.1, -0.05) is 66.7 Å². The van der Waals surface area contributed by atoms with E-state index in [1.165, 1.54) is 0 Å². The Hall–Kier alpha value is -4.49. The van der Waals surface area contributed by atoms with Gasteiger partial charge in [-0.3, -0.25) is 14.5 Å². The Morgan fingerprint density at radius 1 is 0.690 bits per heavy atom. The van der Waals surface area contributed by atoms with Gasteiger partial charge in [0.25, 0.3) is 11.8 Å². The van der Waals surface area contributed by atoms with Gasteiger partial charge in [0.15, 0.2) is 0 Å². The number of hydrogen-bond acceptors (Lipinski definition) is 5. The summed E-state index contributed by atoms with van der Waals surface area (Å²) in [5.41, 5.74) is 5.50. The minimum Gasteiger partial charge on any atom is -0.507 e. The highest BCUT2D eigenvalue weighted by Crippen LogP contribution is 2.27. The number of aryl methyl sites for hydroxylation is 1. The fraction of sp³-hybridized carbons (Fsp3) is 0.286. The minimum atomic E-state index is -0.108. The van der Waals surface area contributed by atoms with Crippen LogP contribution in [0.3, 0.4) is 0 Å².